The second-order valence-electron chi connectivity index (χ2n) is 5.79. The monoisotopic (exact) mass is 394 g/mol. The Morgan fingerprint density at radius 1 is 0.857 bits per heavy atom. The SMILES string of the molecule is [N-]=[N+]=NCC(CC(CCCC(=O)O)(CC(CN=[N+]=[N-])N=[N+]=[N-])C(=O)O)N=[N+]=[N-]. The molecule has 0 aliphatic heterocycles. The Balaban J connectivity index is 5.93. The minimum Gasteiger partial charge on any atom is -0.481 e. The van der Waals surface area contributed by atoms with Crippen LogP contribution in [-0.4, -0.2) is 47.3 Å². The van der Waals surface area contributed by atoms with Crippen LogP contribution in [-0.2, 0) is 9.59 Å². The van der Waals surface area contributed by atoms with E-state index >= 15 is 0 Å². The highest BCUT2D eigenvalue weighted by molar-refractivity contribution is 5.75. The average Bonchev–Trinajstić information content (AvgIpc) is 2.63. The fraction of sp³-hybridized carbons (Fsp3) is 0.833. The second kappa shape index (κ2) is 13.4. The van der Waals surface area contributed by atoms with Crippen molar-refractivity contribution in [1.82, 2.24) is 0 Å². The van der Waals surface area contributed by atoms with Gasteiger partial charge in [-0.15, -0.1) is 0 Å². The molecule has 0 amide bonds. The Hall–Kier alpha value is -3.82. The molecule has 16 heteroatoms. The molecule has 2 N–H and O–H groups in total. The van der Waals surface area contributed by atoms with Crippen molar-refractivity contribution in [2.45, 2.75) is 44.2 Å². The molecule has 0 aromatic heterocycles. The Kier molecular flexibility index (Phi) is 11.6. The molecule has 0 aromatic rings. The van der Waals surface area contributed by atoms with E-state index in [1.54, 1.807) is 0 Å². The van der Waals surface area contributed by atoms with E-state index in [9.17, 15) is 14.7 Å². The molecule has 0 saturated carbocycles. The Morgan fingerprint density at radius 3 is 1.64 bits per heavy atom. The molecule has 150 valence electrons. The predicted octanol–water partition coefficient (Wildman–Crippen LogP) is 4.07. The van der Waals surface area contributed by atoms with E-state index in [-0.39, 0.29) is 45.2 Å². The largest absolute Gasteiger partial charge is 0.481 e. The zero-order valence-electron chi connectivity index (χ0n) is 14.7. The van der Waals surface area contributed by atoms with E-state index in [0.29, 0.717) is 0 Å². The van der Waals surface area contributed by atoms with Gasteiger partial charge in [-0.3, -0.25) is 9.59 Å². The zero-order valence-corrected chi connectivity index (χ0v) is 14.7. The smallest absolute Gasteiger partial charge is 0.309 e. The highest BCUT2D eigenvalue weighted by Crippen LogP contribution is 2.38. The highest BCUT2D eigenvalue weighted by atomic mass is 16.4. The first-order chi connectivity index (χ1) is 13.3. The van der Waals surface area contributed by atoms with Gasteiger partial charge in [-0.2, -0.15) is 0 Å². The second-order valence-corrected chi connectivity index (χ2v) is 5.79. The summed E-state index contributed by atoms with van der Waals surface area (Å²) in [5.74, 6) is -2.46. The van der Waals surface area contributed by atoms with Crippen LogP contribution in [0.1, 0.15) is 32.1 Å². The molecule has 0 aliphatic carbocycles. The summed E-state index contributed by atoms with van der Waals surface area (Å²) in [4.78, 5) is 33.2. The molecule has 0 saturated heterocycles. The van der Waals surface area contributed by atoms with Crippen LogP contribution in [0.5, 0.6) is 0 Å². The van der Waals surface area contributed by atoms with Crippen molar-refractivity contribution in [1.29, 1.82) is 0 Å². The molecule has 0 bridgehead atoms. The predicted molar refractivity (Wildman–Crippen MR) is 94.7 cm³/mol. The van der Waals surface area contributed by atoms with E-state index in [4.69, 9.17) is 27.2 Å². The summed E-state index contributed by atoms with van der Waals surface area (Å²) in [7, 11) is 0. The summed E-state index contributed by atoms with van der Waals surface area (Å²) in [6.45, 7) is -0.617. The number of azide groups is 4. The van der Waals surface area contributed by atoms with Crippen molar-refractivity contribution in [3.8, 4) is 0 Å². The molecule has 2 unspecified atom stereocenters. The van der Waals surface area contributed by atoms with Crippen LogP contribution in [0.25, 0.3) is 41.8 Å². The summed E-state index contributed by atoms with van der Waals surface area (Å²) in [5, 5.41) is 32.1. The number of hydrogen-bond donors (Lipinski definition) is 2. The van der Waals surface area contributed by atoms with Gasteiger partial charge >= 0.3 is 11.9 Å². The number of carboxylic acids is 2. The number of carboxylic acid groups (broad SMARTS) is 2. The lowest BCUT2D eigenvalue weighted by molar-refractivity contribution is -0.151. The third kappa shape index (κ3) is 9.04. The summed E-state index contributed by atoms with van der Waals surface area (Å²) >= 11 is 0. The fourth-order valence-electron chi connectivity index (χ4n) is 2.74. The molecule has 0 aliphatic rings. The Labute approximate surface area is 157 Å². The number of rotatable bonds is 15. The third-order valence-corrected chi connectivity index (χ3v) is 3.89. The number of nitrogens with zero attached hydrogens (tertiary/aromatic N) is 12. The van der Waals surface area contributed by atoms with Crippen LogP contribution in [0.4, 0.5) is 0 Å². The van der Waals surface area contributed by atoms with Crippen LogP contribution in [0.3, 0.4) is 0 Å². The molecule has 28 heavy (non-hydrogen) atoms. The zero-order chi connectivity index (χ0) is 21.4. The minimum atomic E-state index is -1.66. The average molecular weight is 394 g/mol. The topological polar surface area (TPSA) is 270 Å². The standard InChI is InChI=1S/C12H18N12O4/c13-21-17-6-8(19-23-15)4-12(11(27)28,3-1-2-10(25)26)5-9(20-24-16)7-18-22-14/h8-9H,1-7H2,(H,25,26)(H,27,28). The van der Waals surface area contributed by atoms with Crippen molar-refractivity contribution in [2.24, 2.45) is 25.9 Å². The van der Waals surface area contributed by atoms with Gasteiger partial charge in [-0.25, -0.2) is 0 Å². The maximum Gasteiger partial charge on any atom is 0.309 e. The van der Waals surface area contributed by atoms with Crippen molar-refractivity contribution < 1.29 is 19.8 Å². The van der Waals surface area contributed by atoms with Gasteiger partial charge in [0.1, 0.15) is 0 Å². The molecule has 2 atom stereocenters. The van der Waals surface area contributed by atoms with Crippen molar-refractivity contribution in [3.05, 3.63) is 41.8 Å². The fourth-order valence-corrected chi connectivity index (χ4v) is 2.74. The van der Waals surface area contributed by atoms with E-state index in [1.807, 2.05) is 0 Å². The van der Waals surface area contributed by atoms with E-state index in [2.05, 4.69) is 40.1 Å². The summed E-state index contributed by atoms with van der Waals surface area (Å²) < 4.78 is 0. The van der Waals surface area contributed by atoms with Crippen LogP contribution >= 0.6 is 0 Å². The lowest BCUT2D eigenvalue weighted by Gasteiger charge is -2.33. The summed E-state index contributed by atoms with van der Waals surface area (Å²) in [6.07, 6.45) is -1.05. The summed E-state index contributed by atoms with van der Waals surface area (Å²) in [5.41, 5.74) is 32.6. The molecule has 0 heterocycles. The maximum atomic E-state index is 12.1. The first-order valence-electron chi connectivity index (χ1n) is 7.90. The van der Waals surface area contributed by atoms with E-state index in [0.717, 1.165) is 0 Å². The molecule has 0 aromatic carbocycles. The van der Waals surface area contributed by atoms with Crippen LogP contribution in [0.15, 0.2) is 20.5 Å². The normalized spacial score (nSPS) is 13.9. The van der Waals surface area contributed by atoms with Gasteiger partial charge in [0.05, 0.1) is 5.41 Å². The van der Waals surface area contributed by atoms with Gasteiger partial charge in [0, 0.05) is 51.2 Å². The van der Waals surface area contributed by atoms with Gasteiger partial charge in [0.15, 0.2) is 0 Å². The molecule has 16 nitrogen and oxygen atoms in total. The van der Waals surface area contributed by atoms with Gasteiger partial charge in [0.25, 0.3) is 0 Å². The molecular formula is C12H18N12O4. The number of carbonyl (C=O) groups is 2. The molecule has 0 spiro atoms. The molecule has 0 radical (unpaired) electrons. The van der Waals surface area contributed by atoms with Crippen molar-refractivity contribution in [2.75, 3.05) is 13.1 Å². The lowest BCUT2D eigenvalue weighted by Crippen LogP contribution is -2.39. The first-order valence-corrected chi connectivity index (χ1v) is 7.90. The van der Waals surface area contributed by atoms with E-state index < -0.39 is 29.4 Å². The van der Waals surface area contributed by atoms with E-state index in [1.165, 1.54) is 0 Å². The van der Waals surface area contributed by atoms with Crippen molar-refractivity contribution >= 4 is 11.9 Å². The van der Waals surface area contributed by atoms with Gasteiger partial charge in [-0.05, 0) is 47.8 Å². The van der Waals surface area contributed by atoms with Gasteiger partial charge in [0.2, 0.25) is 0 Å². The third-order valence-electron chi connectivity index (χ3n) is 3.89. The number of hydrogen-bond acceptors (Lipinski definition) is 6. The van der Waals surface area contributed by atoms with Crippen LogP contribution < -0.4 is 0 Å². The molecule has 0 fully saturated rings. The van der Waals surface area contributed by atoms with Gasteiger partial charge < -0.3 is 10.2 Å². The Bertz CT molecular complexity index is 700. The lowest BCUT2D eigenvalue weighted by atomic mass is 9.72. The summed E-state index contributed by atoms with van der Waals surface area (Å²) in [6, 6.07) is -2.04. The number of aliphatic carboxylic acids is 2. The molecular weight excluding hydrogens is 376 g/mol. The Morgan fingerprint density at radius 2 is 1.32 bits per heavy atom. The maximum absolute atomic E-state index is 12.1. The quantitative estimate of drug-likeness (QED) is 0.236. The minimum absolute atomic E-state index is 0.0172. The van der Waals surface area contributed by atoms with Gasteiger partial charge in [-0.1, -0.05) is 20.5 Å². The molecule has 0 rings (SSSR count). The van der Waals surface area contributed by atoms with Crippen LogP contribution in [0, 0.1) is 5.41 Å². The van der Waals surface area contributed by atoms with Crippen molar-refractivity contribution in [3.63, 3.8) is 0 Å². The first kappa shape index (κ1) is 24.2. The van der Waals surface area contributed by atoms with Crippen LogP contribution in [0.2, 0.25) is 0 Å². The highest BCUT2D eigenvalue weighted by Gasteiger charge is 2.41.